The molecular formula is C51H59N3OSi+2. The molecule has 2 unspecified atom stereocenters. The molecule has 5 heteroatoms. The van der Waals surface area contributed by atoms with Crippen LogP contribution >= 0.6 is 0 Å². The van der Waals surface area contributed by atoms with Gasteiger partial charge in [0.2, 0.25) is 28.8 Å². The molecule has 4 nitrogen and oxygen atoms in total. The molecule has 2 saturated carbocycles. The summed E-state index contributed by atoms with van der Waals surface area (Å²) in [5.74, 6) is 2.21. The first-order valence-electron chi connectivity index (χ1n) is 21.9. The summed E-state index contributed by atoms with van der Waals surface area (Å²) in [6.45, 7) is 17.3. The largest absolute Gasteiger partial charge is 0.437 e. The maximum absolute atomic E-state index is 6.98. The van der Waals surface area contributed by atoms with Crippen LogP contribution in [0.3, 0.4) is 0 Å². The fourth-order valence-electron chi connectivity index (χ4n) is 11.2. The predicted molar refractivity (Wildman–Crippen MR) is 233 cm³/mol. The van der Waals surface area contributed by atoms with Crippen molar-refractivity contribution in [2.75, 3.05) is 0 Å². The minimum Gasteiger partial charge on any atom is -0.437 e. The van der Waals surface area contributed by atoms with Gasteiger partial charge in [-0.25, -0.2) is 4.98 Å². The lowest BCUT2D eigenvalue weighted by Crippen LogP contribution is -2.57. The van der Waals surface area contributed by atoms with Crippen molar-refractivity contribution in [3.63, 3.8) is 0 Å². The second-order valence-corrected chi connectivity index (χ2v) is 24.3. The van der Waals surface area contributed by atoms with Crippen LogP contribution in [0.1, 0.15) is 117 Å². The van der Waals surface area contributed by atoms with E-state index < -0.39 is 8.07 Å². The van der Waals surface area contributed by atoms with Gasteiger partial charge in [0.05, 0.1) is 19.6 Å². The number of furan rings is 1. The minimum absolute atomic E-state index is 0.0736. The molecule has 0 amide bonds. The van der Waals surface area contributed by atoms with Gasteiger partial charge in [0.15, 0.2) is 18.0 Å². The van der Waals surface area contributed by atoms with E-state index in [-0.39, 0.29) is 12.0 Å². The van der Waals surface area contributed by atoms with Gasteiger partial charge in [-0.3, -0.25) is 0 Å². The smallest absolute Gasteiger partial charge is 0.249 e. The molecule has 2 fully saturated rings. The van der Waals surface area contributed by atoms with E-state index in [0.717, 1.165) is 64.6 Å². The van der Waals surface area contributed by atoms with Crippen LogP contribution in [0.4, 0.5) is 0 Å². The van der Waals surface area contributed by atoms with Crippen molar-refractivity contribution in [2.24, 2.45) is 11.8 Å². The minimum atomic E-state index is -1.69. The summed E-state index contributed by atoms with van der Waals surface area (Å²) >= 11 is 0. The van der Waals surface area contributed by atoms with E-state index in [9.17, 15) is 0 Å². The number of aryl methyl sites for hydroxylation is 1. The summed E-state index contributed by atoms with van der Waals surface area (Å²) in [7, 11) is -1.69. The van der Waals surface area contributed by atoms with Gasteiger partial charge in [0.1, 0.15) is 0 Å². The summed E-state index contributed by atoms with van der Waals surface area (Å²) in [6, 6.07) is 26.0. The van der Waals surface area contributed by atoms with Gasteiger partial charge in [0.25, 0.3) is 0 Å². The van der Waals surface area contributed by atoms with Crippen molar-refractivity contribution in [3.05, 3.63) is 114 Å². The zero-order chi connectivity index (χ0) is 38.3. The van der Waals surface area contributed by atoms with E-state index in [1.165, 1.54) is 97.0 Å². The van der Waals surface area contributed by atoms with Crippen molar-refractivity contribution in [3.8, 4) is 22.5 Å². The molecule has 0 N–H and O–H groups in total. The second-order valence-electron chi connectivity index (χ2n) is 19.2. The Balaban J connectivity index is 1.18. The number of aromatic nitrogens is 3. The lowest BCUT2D eigenvalue weighted by Gasteiger charge is -2.31. The first-order valence-corrected chi connectivity index (χ1v) is 25.4. The van der Waals surface area contributed by atoms with Crippen molar-refractivity contribution >= 4 is 41.0 Å². The molecular weight excluding hydrogens is 699 g/mol. The fraction of sp³-hybridized carbons (Fsp3) is 0.431. The van der Waals surface area contributed by atoms with Gasteiger partial charge in [0, 0.05) is 45.4 Å². The number of pyridine rings is 3. The van der Waals surface area contributed by atoms with Crippen LogP contribution in [-0.4, -0.2) is 13.1 Å². The molecule has 6 heterocycles. The van der Waals surface area contributed by atoms with E-state index in [1.807, 2.05) is 0 Å². The zero-order valence-corrected chi connectivity index (χ0v) is 35.3. The third kappa shape index (κ3) is 6.11. The average molecular weight is 758 g/mol. The van der Waals surface area contributed by atoms with Gasteiger partial charge in [-0.1, -0.05) is 115 Å². The van der Waals surface area contributed by atoms with Gasteiger partial charge in [-0.05, 0) is 90.5 Å². The van der Waals surface area contributed by atoms with Crippen LogP contribution in [0.5, 0.6) is 0 Å². The molecule has 2 atom stereocenters. The Morgan fingerprint density at radius 3 is 2.30 bits per heavy atom. The van der Waals surface area contributed by atoms with Crippen LogP contribution < -0.4 is 14.3 Å². The van der Waals surface area contributed by atoms with Crippen LogP contribution in [0.15, 0.2) is 90.1 Å². The Kier molecular flexibility index (Phi) is 8.96. The molecule has 6 aromatic rings. The number of rotatable bonds is 6. The Hall–Kier alpha value is -4.35. The zero-order valence-electron chi connectivity index (χ0n) is 34.3. The van der Waals surface area contributed by atoms with Crippen LogP contribution in [0.2, 0.25) is 19.6 Å². The molecule has 0 spiro atoms. The highest BCUT2D eigenvalue weighted by Gasteiger charge is 2.48. The molecule has 4 aromatic heterocycles. The predicted octanol–water partition coefficient (Wildman–Crippen LogP) is 11.8. The molecule has 0 saturated heterocycles. The van der Waals surface area contributed by atoms with Gasteiger partial charge in [-0.15, -0.1) is 0 Å². The third-order valence-electron chi connectivity index (χ3n) is 14.2. The summed E-state index contributed by atoms with van der Waals surface area (Å²) in [5, 5.41) is 3.89. The third-order valence-corrected chi connectivity index (χ3v) is 16.3. The molecule has 10 rings (SSSR count). The van der Waals surface area contributed by atoms with E-state index in [0.29, 0.717) is 5.92 Å². The molecule has 2 aromatic carbocycles. The molecule has 0 radical (unpaired) electrons. The number of nitrogens with zero attached hydrogens (tertiary/aromatic N) is 3. The van der Waals surface area contributed by atoms with Gasteiger partial charge in [-0.2, -0.15) is 9.13 Å². The molecule has 2 aliphatic carbocycles. The summed E-state index contributed by atoms with van der Waals surface area (Å²) in [5.41, 5.74) is 14.9. The maximum Gasteiger partial charge on any atom is 0.249 e. The van der Waals surface area contributed by atoms with Crippen molar-refractivity contribution in [1.82, 2.24) is 4.98 Å². The SMILES string of the molecule is C=C1C2C(CCc3ccc4c(oc5nc(CC6CCCC6)ccc54)c3-c3cc(C(C)C)cc[n+]31)c1ccccc1-c1cc(CC3CCCC3)c([Si](C)(C)C)c[n+]12. The summed E-state index contributed by atoms with van der Waals surface area (Å²) < 4.78 is 12.1. The monoisotopic (exact) mass is 757 g/mol. The number of fused-ring (bicyclic) bond motifs is 13. The molecule has 286 valence electrons. The Morgan fingerprint density at radius 2 is 1.55 bits per heavy atom. The van der Waals surface area contributed by atoms with Crippen molar-refractivity contribution in [2.45, 2.75) is 128 Å². The van der Waals surface area contributed by atoms with E-state index >= 15 is 0 Å². The van der Waals surface area contributed by atoms with Gasteiger partial charge >= 0.3 is 0 Å². The number of benzene rings is 2. The molecule has 4 aliphatic rings. The first-order chi connectivity index (χ1) is 27.1. The highest BCUT2D eigenvalue weighted by atomic mass is 28.3. The van der Waals surface area contributed by atoms with Crippen LogP contribution in [-0.2, 0) is 19.3 Å². The van der Waals surface area contributed by atoms with Crippen LogP contribution in [0.25, 0.3) is 50.3 Å². The molecule has 0 bridgehead atoms. The highest BCUT2D eigenvalue weighted by Crippen LogP contribution is 2.47. The molecule has 2 aliphatic heterocycles. The second kappa shape index (κ2) is 13.9. The Labute approximate surface area is 334 Å². The number of allylic oxidation sites excluding steroid dienone is 1. The Morgan fingerprint density at radius 1 is 0.821 bits per heavy atom. The van der Waals surface area contributed by atoms with E-state index in [4.69, 9.17) is 16.0 Å². The standard InChI is InChI=1S/C51H59N3OSi/c1-32(2)37-25-26-53-33(3)49-42(40-17-11-12-18-41(40)45-30-38(27-34-13-7-8-14-34)47(31-54(45)49)56(4,5)6)22-19-36-20-23-43-44-24-21-39(28-35-15-9-10-16-35)52-51(44)55-50(43)48(36)46(53)29-37/h11-12,17-18,20-21,23-26,29-32,34-35,42,49H,3,7-10,13-16,19,22,27-28H2,1-2,4-6H3/q+2. The quantitative estimate of drug-likeness (QED) is 0.125. The first kappa shape index (κ1) is 36.0. The van der Waals surface area contributed by atoms with E-state index in [1.54, 1.807) is 10.8 Å². The fourth-order valence-corrected chi connectivity index (χ4v) is 12.9. The molecule has 56 heavy (non-hydrogen) atoms. The average Bonchev–Trinajstić information content (AvgIpc) is 3.98. The van der Waals surface area contributed by atoms with Gasteiger partial charge < -0.3 is 4.42 Å². The Bertz CT molecular complexity index is 2510. The van der Waals surface area contributed by atoms with Crippen molar-refractivity contribution in [1.29, 1.82) is 0 Å². The maximum atomic E-state index is 6.98. The lowest BCUT2D eigenvalue weighted by molar-refractivity contribution is -0.726. The summed E-state index contributed by atoms with van der Waals surface area (Å²) in [6.07, 6.45) is 20.0. The normalized spacial score (nSPS) is 20.1. The van der Waals surface area contributed by atoms with E-state index in [2.05, 4.69) is 122 Å². The number of hydrogen-bond acceptors (Lipinski definition) is 2. The highest BCUT2D eigenvalue weighted by molar-refractivity contribution is 6.89. The van der Waals surface area contributed by atoms with Crippen molar-refractivity contribution < 1.29 is 13.6 Å². The topological polar surface area (TPSA) is 33.8 Å². The number of hydrogen-bond donors (Lipinski definition) is 0. The summed E-state index contributed by atoms with van der Waals surface area (Å²) in [4.78, 5) is 5.19. The lowest BCUT2D eigenvalue weighted by atomic mass is 9.78. The van der Waals surface area contributed by atoms with Crippen LogP contribution in [0, 0.1) is 11.8 Å².